The summed E-state index contributed by atoms with van der Waals surface area (Å²) >= 11 is 0. The molecule has 0 amide bonds. The zero-order valence-electron chi connectivity index (χ0n) is 10.1. The summed E-state index contributed by atoms with van der Waals surface area (Å²) in [7, 11) is 0. The van der Waals surface area contributed by atoms with Crippen molar-refractivity contribution in [1.82, 2.24) is 5.32 Å². The summed E-state index contributed by atoms with van der Waals surface area (Å²) in [5.41, 5.74) is -0.582. The fourth-order valence-corrected chi connectivity index (χ4v) is 2.83. The number of ether oxygens (including phenoxy) is 1. The third kappa shape index (κ3) is 1.57. The van der Waals surface area contributed by atoms with Crippen LogP contribution in [-0.4, -0.2) is 24.2 Å². The Bertz CT molecular complexity index is 274. The first kappa shape index (κ1) is 10.9. The van der Waals surface area contributed by atoms with E-state index in [0.29, 0.717) is 5.92 Å². The van der Waals surface area contributed by atoms with Crippen LogP contribution in [0.3, 0.4) is 0 Å². The topological polar surface area (TPSA) is 38.3 Å². The van der Waals surface area contributed by atoms with Gasteiger partial charge in [-0.25, -0.2) is 0 Å². The minimum atomic E-state index is -0.367. The van der Waals surface area contributed by atoms with E-state index in [-0.39, 0.29) is 23.0 Å². The number of fused-ring (bicyclic) bond motifs is 1. The highest BCUT2D eigenvalue weighted by molar-refractivity contribution is 5.80. The number of nitrogens with one attached hydrogen (secondary N) is 1. The fraction of sp³-hybridized carbons (Fsp3) is 0.917. The van der Waals surface area contributed by atoms with Gasteiger partial charge in [-0.3, -0.25) is 4.79 Å². The zero-order valence-corrected chi connectivity index (χ0v) is 10.1. The number of carbonyl (C=O) groups excluding carboxylic acids is 1. The summed E-state index contributed by atoms with van der Waals surface area (Å²) in [6.45, 7) is 8.87. The Morgan fingerprint density at radius 1 is 1.47 bits per heavy atom. The van der Waals surface area contributed by atoms with Crippen molar-refractivity contribution in [2.24, 2.45) is 11.3 Å². The van der Waals surface area contributed by atoms with E-state index in [1.54, 1.807) is 0 Å². The Labute approximate surface area is 91.6 Å². The maximum atomic E-state index is 12.2. The molecule has 15 heavy (non-hydrogen) atoms. The van der Waals surface area contributed by atoms with Crippen LogP contribution in [0.25, 0.3) is 0 Å². The number of carbonyl (C=O) groups is 1. The van der Waals surface area contributed by atoms with Gasteiger partial charge in [0.05, 0.1) is 5.41 Å². The Balaban J connectivity index is 2.12. The maximum Gasteiger partial charge on any atom is 0.314 e. The summed E-state index contributed by atoms with van der Waals surface area (Å²) in [6.07, 6.45) is 2.15. The lowest BCUT2D eigenvalue weighted by atomic mass is 9.59. The van der Waals surface area contributed by atoms with Crippen LogP contribution in [0, 0.1) is 11.3 Å². The molecule has 0 bridgehead atoms. The van der Waals surface area contributed by atoms with Crippen molar-refractivity contribution in [3.63, 3.8) is 0 Å². The molecule has 2 aliphatic rings. The van der Waals surface area contributed by atoms with Crippen LogP contribution in [0.4, 0.5) is 0 Å². The summed E-state index contributed by atoms with van der Waals surface area (Å²) in [5.74, 6) is 0.506. The van der Waals surface area contributed by atoms with Crippen molar-refractivity contribution in [1.29, 1.82) is 0 Å². The van der Waals surface area contributed by atoms with E-state index in [1.165, 1.54) is 0 Å². The Morgan fingerprint density at radius 3 is 2.53 bits per heavy atom. The van der Waals surface area contributed by atoms with Gasteiger partial charge in [0.2, 0.25) is 0 Å². The molecule has 0 aromatic carbocycles. The quantitative estimate of drug-likeness (QED) is 0.671. The summed E-state index contributed by atoms with van der Waals surface area (Å²) < 4.78 is 5.54. The highest BCUT2D eigenvalue weighted by Gasteiger charge is 2.60. The molecule has 0 aromatic heterocycles. The first-order chi connectivity index (χ1) is 6.86. The van der Waals surface area contributed by atoms with E-state index in [1.807, 2.05) is 20.8 Å². The van der Waals surface area contributed by atoms with Crippen LogP contribution in [-0.2, 0) is 9.53 Å². The standard InChI is InChI=1S/C12H21NO2/c1-8-12(6-5-9(12)7-13-8)10(14)15-11(2,3)4/h8-9,13H,5-7H2,1-4H3. The van der Waals surface area contributed by atoms with Gasteiger partial charge in [-0.05, 0) is 53.0 Å². The van der Waals surface area contributed by atoms with E-state index in [9.17, 15) is 4.79 Å². The summed E-state index contributed by atoms with van der Waals surface area (Å²) in [5, 5.41) is 3.39. The molecule has 1 saturated carbocycles. The molecular weight excluding hydrogens is 190 g/mol. The molecule has 2 fully saturated rings. The molecule has 86 valence electrons. The molecule has 3 nitrogen and oxygen atoms in total. The number of esters is 1. The molecule has 1 aliphatic heterocycles. The zero-order chi connectivity index (χ0) is 11.3. The number of hydrogen-bond donors (Lipinski definition) is 1. The molecule has 3 atom stereocenters. The SMILES string of the molecule is CC1NCC2CCC21C(=O)OC(C)(C)C. The van der Waals surface area contributed by atoms with Gasteiger partial charge >= 0.3 is 5.97 Å². The smallest absolute Gasteiger partial charge is 0.314 e. The van der Waals surface area contributed by atoms with Crippen molar-refractivity contribution in [3.8, 4) is 0 Å². The van der Waals surface area contributed by atoms with Crippen molar-refractivity contribution in [2.75, 3.05) is 6.54 Å². The molecule has 0 aromatic rings. The minimum absolute atomic E-state index is 0.00347. The van der Waals surface area contributed by atoms with E-state index in [2.05, 4.69) is 12.2 Å². The molecule has 3 heteroatoms. The van der Waals surface area contributed by atoms with E-state index in [0.717, 1.165) is 19.4 Å². The second-order valence-electron chi connectivity index (χ2n) is 5.91. The lowest BCUT2D eigenvalue weighted by Crippen LogP contribution is -2.52. The van der Waals surface area contributed by atoms with Crippen molar-refractivity contribution in [3.05, 3.63) is 0 Å². The molecule has 0 spiro atoms. The van der Waals surface area contributed by atoms with Crippen LogP contribution >= 0.6 is 0 Å². The van der Waals surface area contributed by atoms with Gasteiger partial charge in [0.15, 0.2) is 0 Å². The van der Waals surface area contributed by atoms with Crippen LogP contribution in [0.2, 0.25) is 0 Å². The van der Waals surface area contributed by atoms with Crippen LogP contribution in [0.15, 0.2) is 0 Å². The van der Waals surface area contributed by atoms with Crippen molar-refractivity contribution < 1.29 is 9.53 Å². The Morgan fingerprint density at radius 2 is 2.13 bits per heavy atom. The molecule has 3 unspecified atom stereocenters. The van der Waals surface area contributed by atoms with Gasteiger partial charge in [0, 0.05) is 6.04 Å². The lowest BCUT2D eigenvalue weighted by Gasteiger charge is -2.45. The maximum absolute atomic E-state index is 12.2. The number of hydrogen-bond acceptors (Lipinski definition) is 3. The molecule has 1 saturated heterocycles. The van der Waals surface area contributed by atoms with Gasteiger partial charge in [0.1, 0.15) is 5.60 Å². The normalized spacial score (nSPS) is 39.5. The van der Waals surface area contributed by atoms with Crippen LogP contribution < -0.4 is 5.32 Å². The van der Waals surface area contributed by atoms with Crippen molar-refractivity contribution >= 4 is 5.97 Å². The molecule has 2 rings (SSSR count). The van der Waals surface area contributed by atoms with Gasteiger partial charge in [-0.15, -0.1) is 0 Å². The highest BCUT2D eigenvalue weighted by Crippen LogP contribution is 2.53. The van der Waals surface area contributed by atoms with Gasteiger partial charge in [0.25, 0.3) is 0 Å². The van der Waals surface area contributed by atoms with E-state index >= 15 is 0 Å². The average Bonchev–Trinajstić information content (AvgIpc) is 2.18. The predicted molar refractivity (Wildman–Crippen MR) is 58.5 cm³/mol. The summed E-state index contributed by atoms with van der Waals surface area (Å²) in [6, 6.07) is 0.270. The van der Waals surface area contributed by atoms with Gasteiger partial charge in [-0.2, -0.15) is 0 Å². The largest absolute Gasteiger partial charge is 0.459 e. The van der Waals surface area contributed by atoms with Crippen LogP contribution in [0.5, 0.6) is 0 Å². The Hall–Kier alpha value is -0.570. The molecular formula is C12H21NO2. The Kier molecular flexibility index (Phi) is 2.34. The molecule has 1 N–H and O–H groups in total. The van der Waals surface area contributed by atoms with E-state index in [4.69, 9.17) is 4.74 Å². The molecule has 0 radical (unpaired) electrons. The van der Waals surface area contributed by atoms with Gasteiger partial charge in [-0.1, -0.05) is 0 Å². The minimum Gasteiger partial charge on any atom is -0.459 e. The van der Waals surface area contributed by atoms with Crippen LogP contribution in [0.1, 0.15) is 40.5 Å². The third-order valence-electron chi connectivity index (χ3n) is 3.86. The second kappa shape index (κ2) is 3.21. The first-order valence-corrected chi connectivity index (χ1v) is 5.83. The highest BCUT2D eigenvalue weighted by atomic mass is 16.6. The molecule has 1 heterocycles. The monoisotopic (exact) mass is 211 g/mol. The third-order valence-corrected chi connectivity index (χ3v) is 3.86. The molecule has 1 aliphatic carbocycles. The van der Waals surface area contributed by atoms with Crippen molar-refractivity contribution in [2.45, 2.75) is 52.2 Å². The first-order valence-electron chi connectivity index (χ1n) is 5.83. The fourth-order valence-electron chi connectivity index (χ4n) is 2.83. The number of rotatable bonds is 1. The lowest BCUT2D eigenvalue weighted by molar-refractivity contribution is -0.178. The van der Waals surface area contributed by atoms with Gasteiger partial charge < -0.3 is 10.1 Å². The predicted octanol–water partition coefficient (Wildman–Crippen LogP) is 1.72. The van der Waals surface area contributed by atoms with E-state index < -0.39 is 0 Å². The average molecular weight is 211 g/mol. The second-order valence-corrected chi connectivity index (χ2v) is 5.91. The summed E-state index contributed by atoms with van der Waals surface area (Å²) in [4.78, 5) is 12.2.